The minimum absolute atomic E-state index is 0.200. The van der Waals surface area contributed by atoms with Gasteiger partial charge >= 0.3 is 6.09 Å². The Morgan fingerprint density at radius 2 is 2.05 bits per heavy atom. The van der Waals surface area contributed by atoms with Crippen molar-refractivity contribution < 1.29 is 9.53 Å². The van der Waals surface area contributed by atoms with Gasteiger partial charge in [-0.3, -0.25) is 4.98 Å². The monoisotopic (exact) mass is 318 g/mol. The summed E-state index contributed by atoms with van der Waals surface area (Å²) in [6.45, 7) is 0. The van der Waals surface area contributed by atoms with Crippen LogP contribution in [0.3, 0.4) is 0 Å². The van der Waals surface area contributed by atoms with Crippen LogP contribution in [0.15, 0.2) is 53.3 Å². The number of hydrogen-bond donors (Lipinski definition) is 1. The fourth-order valence-electron chi connectivity index (χ4n) is 2.18. The van der Waals surface area contributed by atoms with Crippen molar-refractivity contribution in [3.05, 3.63) is 64.4 Å². The van der Waals surface area contributed by atoms with Crippen LogP contribution in [0.1, 0.15) is 23.3 Å². The van der Waals surface area contributed by atoms with Crippen LogP contribution in [0.25, 0.3) is 0 Å². The van der Waals surface area contributed by atoms with E-state index in [1.54, 1.807) is 12.4 Å². The molecule has 1 fully saturated rings. The molecular weight excluding hydrogens is 308 g/mol. The van der Waals surface area contributed by atoms with Crippen molar-refractivity contribution in [2.45, 2.75) is 12.1 Å². The Labute approximate surface area is 118 Å². The summed E-state index contributed by atoms with van der Waals surface area (Å²) >= 11 is 3.43. The van der Waals surface area contributed by atoms with Crippen LogP contribution in [-0.2, 0) is 4.74 Å². The molecule has 19 heavy (non-hydrogen) atoms. The normalized spacial score (nSPS) is 21.8. The third-order valence-electron chi connectivity index (χ3n) is 3.03. The lowest BCUT2D eigenvalue weighted by Gasteiger charge is -2.17. The maximum absolute atomic E-state index is 11.5. The van der Waals surface area contributed by atoms with E-state index in [0.29, 0.717) is 0 Å². The van der Waals surface area contributed by atoms with Crippen molar-refractivity contribution in [1.29, 1.82) is 0 Å². The second-order valence-electron chi connectivity index (χ2n) is 4.29. The SMILES string of the molecule is O=C1NC(c2cccc(Br)c2)C(c2cccnc2)O1. The van der Waals surface area contributed by atoms with Crippen molar-refractivity contribution in [1.82, 2.24) is 10.3 Å². The highest BCUT2D eigenvalue weighted by Gasteiger charge is 2.36. The highest BCUT2D eigenvalue weighted by atomic mass is 79.9. The molecule has 3 rings (SSSR count). The quantitative estimate of drug-likeness (QED) is 0.923. The summed E-state index contributed by atoms with van der Waals surface area (Å²) in [5, 5.41) is 2.84. The first kappa shape index (κ1) is 12.2. The van der Waals surface area contributed by atoms with E-state index in [1.807, 2.05) is 36.4 Å². The zero-order chi connectivity index (χ0) is 13.2. The van der Waals surface area contributed by atoms with Crippen LogP contribution in [-0.4, -0.2) is 11.1 Å². The lowest BCUT2D eigenvalue weighted by molar-refractivity contribution is 0.132. The van der Waals surface area contributed by atoms with E-state index < -0.39 is 6.09 Å². The largest absolute Gasteiger partial charge is 0.439 e. The molecule has 0 aliphatic carbocycles. The minimum atomic E-state index is -0.404. The van der Waals surface area contributed by atoms with Gasteiger partial charge in [0.25, 0.3) is 0 Å². The molecule has 5 heteroatoms. The van der Waals surface area contributed by atoms with Gasteiger partial charge in [0.05, 0.1) is 6.04 Å². The fraction of sp³-hybridized carbons (Fsp3) is 0.143. The Balaban J connectivity index is 1.97. The summed E-state index contributed by atoms with van der Waals surface area (Å²) in [4.78, 5) is 15.6. The maximum Gasteiger partial charge on any atom is 0.408 e. The average molecular weight is 319 g/mol. The number of ether oxygens (including phenoxy) is 1. The molecule has 2 aromatic rings. The Hall–Kier alpha value is -1.88. The number of benzene rings is 1. The predicted molar refractivity (Wildman–Crippen MR) is 73.5 cm³/mol. The molecule has 1 aromatic carbocycles. The predicted octanol–water partition coefficient (Wildman–Crippen LogP) is 3.37. The molecule has 1 aliphatic heterocycles. The second-order valence-corrected chi connectivity index (χ2v) is 5.20. The number of aromatic nitrogens is 1. The average Bonchev–Trinajstić information content (AvgIpc) is 2.82. The molecule has 4 nitrogen and oxygen atoms in total. The third-order valence-corrected chi connectivity index (χ3v) is 3.52. The van der Waals surface area contributed by atoms with Gasteiger partial charge < -0.3 is 10.1 Å². The van der Waals surface area contributed by atoms with Crippen molar-refractivity contribution in [2.24, 2.45) is 0 Å². The summed E-state index contributed by atoms with van der Waals surface area (Å²) < 4.78 is 6.32. The van der Waals surface area contributed by atoms with Crippen molar-refractivity contribution in [2.75, 3.05) is 0 Å². The van der Waals surface area contributed by atoms with Gasteiger partial charge in [-0.2, -0.15) is 0 Å². The van der Waals surface area contributed by atoms with E-state index in [-0.39, 0.29) is 12.1 Å². The van der Waals surface area contributed by atoms with Gasteiger partial charge in [0.15, 0.2) is 6.10 Å². The van der Waals surface area contributed by atoms with E-state index in [2.05, 4.69) is 26.2 Å². The molecule has 2 unspecified atom stereocenters. The smallest absolute Gasteiger partial charge is 0.408 e. The Bertz CT molecular complexity index is 603. The Kier molecular flexibility index (Phi) is 3.21. The van der Waals surface area contributed by atoms with Crippen LogP contribution in [0.4, 0.5) is 4.79 Å². The van der Waals surface area contributed by atoms with Crippen LogP contribution >= 0.6 is 15.9 Å². The molecule has 1 aromatic heterocycles. The fourth-order valence-corrected chi connectivity index (χ4v) is 2.60. The van der Waals surface area contributed by atoms with E-state index in [4.69, 9.17) is 4.74 Å². The zero-order valence-electron chi connectivity index (χ0n) is 9.92. The molecule has 1 amide bonds. The molecular formula is C14H11BrN2O2. The van der Waals surface area contributed by atoms with Crippen LogP contribution in [0, 0.1) is 0 Å². The summed E-state index contributed by atoms with van der Waals surface area (Å²) in [6, 6.07) is 11.4. The van der Waals surface area contributed by atoms with Crippen LogP contribution < -0.4 is 5.32 Å². The van der Waals surface area contributed by atoms with Gasteiger partial charge in [-0.25, -0.2) is 4.79 Å². The topological polar surface area (TPSA) is 51.2 Å². The number of rotatable bonds is 2. The number of carbonyl (C=O) groups is 1. The molecule has 96 valence electrons. The number of nitrogens with one attached hydrogen (secondary N) is 1. The minimum Gasteiger partial charge on any atom is -0.439 e. The number of amides is 1. The number of cyclic esters (lactones) is 1. The molecule has 1 saturated heterocycles. The molecule has 1 N–H and O–H groups in total. The lowest BCUT2D eigenvalue weighted by atomic mass is 9.98. The zero-order valence-corrected chi connectivity index (χ0v) is 11.5. The number of carbonyl (C=O) groups excluding carboxylic acids is 1. The molecule has 0 radical (unpaired) electrons. The first-order valence-electron chi connectivity index (χ1n) is 5.86. The van der Waals surface area contributed by atoms with Crippen LogP contribution in [0.5, 0.6) is 0 Å². The summed E-state index contributed by atoms with van der Waals surface area (Å²) in [5.74, 6) is 0. The van der Waals surface area contributed by atoms with Gasteiger partial charge in [0.1, 0.15) is 0 Å². The highest BCUT2D eigenvalue weighted by molar-refractivity contribution is 9.10. The van der Waals surface area contributed by atoms with Crippen molar-refractivity contribution >= 4 is 22.0 Å². The maximum atomic E-state index is 11.5. The molecule has 0 saturated carbocycles. The standard InChI is InChI=1S/C14H11BrN2O2/c15-11-5-1-3-9(7-11)12-13(19-14(18)17-12)10-4-2-6-16-8-10/h1-8,12-13H,(H,17,18). The van der Waals surface area contributed by atoms with E-state index in [1.165, 1.54) is 0 Å². The molecule has 1 aliphatic rings. The van der Waals surface area contributed by atoms with Crippen LogP contribution in [0.2, 0.25) is 0 Å². The van der Waals surface area contributed by atoms with Gasteiger partial charge in [-0.05, 0) is 23.8 Å². The van der Waals surface area contributed by atoms with Gasteiger partial charge in [-0.15, -0.1) is 0 Å². The second kappa shape index (κ2) is 5.01. The van der Waals surface area contributed by atoms with Crippen molar-refractivity contribution in [3.63, 3.8) is 0 Å². The van der Waals surface area contributed by atoms with Crippen molar-refractivity contribution in [3.8, 4) is 0 Å². The lowest BCUT2D eigenvalue weighted by Crippen LogP contribution is -2.19. The van der Waals surface area contributed by atoms with E-state index in [0.717, 1.165) is 15.6 Å². The van der Waals surface area contributed by atoms with E-state index in [9.17, 15) is 4.79 Å². The molecule has 2 atom stereocenters. The van der Waals surface area contributed by atoms with Gasteiger partial charge in [0, 0.05) is 22.4 Å². The summed E-state index contributed by atoms with van der Waals surface area (Å²) in [6.07, 6.45) is 2.66. The third kappa shape index (κ3) is 2.46. The Morgan fingerprint density at radius 1 is 1.21 bits per heavy atom. The highest BCUT2D eigenvalue weighted by Crippen LogP contribution is 2.36. The Morgan fingerprint density at radius 3 is 2.79 bits per heavy atom. The number of pyridine rings is 1. The number of hydrogen-bond acceptors (Lipinski definition) is 3. The molecule has 0 spiro atoms. The molecule has 2 heterocycles. The summed E-state index contributed by atoms with van der Waals surface area (Å²) in [5.41, 5.74) is 1.87. The first-order valence-corrected chi connectivity index (χ1v) is 6.66. The number of alkyl carbamates (subject to hydrolysis) is 1. The van der Waals surface area contributed by atoms with Gasteiger partial charge in [0.2, 0.25) is 0 Å². The number of nitrogens with zero attached hydrogens (tertiary/aromatic N) is 1. The van der Waals surface area contributed by atoms with E-state index >= 15 is 0 Å². The first-order chi connectivity index (χ1) is 9.24. The number of halogens is 1. The summed E-state index contributed by atoms with van der Waals surface area (Å²) in [7, 11) is 0. The molecule has 0 bridgehead atoms. The van der Waals surface area contributed by atoms with Gasteiger partial charge in [-0.1, -0.05) is 34.1 Å².